The average molecular weight is 348 g/mol. The largest absolute Gasteiger partial charge is 0.488 e. The van der Waals surface area contributed by atoms with Crippen molar-refractivity contribution in [2.24, 2.45) is 0 Å². The first kappa shape index (κ1) is 16.1. The van der Waals surface area contributed by atoms with Crippen LogP contribution in [0.4, 0.5) is 0 Å². The van der Waals surface area contributed by atoms with Crippen LogP contribution in [0.15, 0.2) is 34.8 Å². The van der Waals surface area contributed by atoms with Crippen molar-refractivity contribution in [3.05, 3.63) is 62.6 Å². The Balaban J connectivity index is 2.20. The lowest BCUT2D eigenvalue weighted by molar-refractivity contribution is 0.300. The molecule has 0 aliphatic heterocycles. The summed E-state index contributed by atoms with van der Waals surface area (Å²) < 4.78 is 7.18. The normalized spacial score (nSPS) is 10.7. The third-order valence-electron chi connectivity index (χ3n) is 3.64. The van der Waals surface area contributed by atoms with Crippen LogP contribution in [-0.4, -0.2) is 7.05 Å². The molecule has 2 aromatic carbocycles. The number of rotatable bonds is 5. The maximum absolute atomic E-state index is 6.10. The van der Waals surface area contributed by atoms with Crippen LogP contribution >= 0.6 is 15.9 Å². The van der Waals surface area contributed by atoms with Gasteiger partial charge in [0.2, 0.25) is 0 Å². The Morgan fingerprint density at radius 2 is 1.76 bits per heavy atom. The average Bonchev–Trinajstić information content (AvgIpc) is 2.42. The van der Waals surface area contributed by atoms with Gasteiger partial charge in [-0.15, -0.1) is 0 Å². The van der Waals surface area contributed by atoms with Crippen molar-refractivity contribution in [2.75, 3.05) is 7.05 Å². The highest BCUT2D eigenvalue weighted by molar-refractivity contribution is 9.10. The summed E-state index contributed by atoms with van der Waals surface area (Å²) >= 11 is 3.55. The second kappa shape index (κ2) is 7.10. The highest BCUT2D eigenvalue weighted by atomic mass is 79.9. The van der Waals surface area contributed by atoms with Crippen LogP contribution < -0.4 is 10.1 Å². The summed E-state index contributed by atoms with van der Waals surface area (Å²) in [5, 5.41) is 3.19. The van der Waals surface area contributed by atoms with E-state index in [0.717, 1.165) is 22.3 Å². The fourth-order valence-electron chi connectivity index (χ4n) is 2.38. The summed E-state index contributed by atoms with van der Waals surface area (Å²) in [5.74, 6) is 0.978. The minimum atomic E-state index is 0.598. The first-order valence-electron chi connectivity index (χ1n) is 7.14. The molecular formula is C18H22BrNO. The predicted octanol–water partition coefficient (Wildman–Crippen LogP) is 4.67. The highest BCUT2D eigenvalue weighted by Gasteiger charge is 2.09. The van der Waals surface area contributed by atoms with Gasteiger partial charge in [0.15, 0.2) is 0 Å². The van der Waals surface area contributed by atoms with Gasteiger partial charge in [-0.05, 0) is 62.2 Å². The Kier molecular flexibility index (Phi) is 5.43. The Morgan fingerprint density at radius 3 is 2.43 bits per heavy atom. The third kappa shape index (κ3) is 4.08. The molecule has 0 radical (unpaired) electrons. The summed E-state index contributed by atoms with van der Waals surface area (Å²) in [7, 11) is 1.95. The van der Waals surface area contributed by atoms with Crippen LogP contribution in [0.1, 0.15) is 27.8 Å². The predicted molar refractivity (Wildman–Crippen MR) is 91.9 cm³/mol. The van der Waals surface area contributed by atoms with E-state index in [1.54, 1.807) is 0 Å². The monoisotopic (exact) mass is 347 g/mol. The van der Waals surface area contributed by atoms with Gasteiger partial charge in [0, 0.05) is 16.6 Å². The summed E-state index contributed by atoms with van der Waals surface area (Å²) in [4.78, 5) is 0. The van der Waals surface area contributed by atoms with Gasteiger partial charge < -0.3 is 10.1 Å². The molecule has 1 N–H and O–H groups in total. The molecule has 0 heterocycles. The van der Waals surface area contributed by atoms with Crippen LogP contribution in [-0.2, 0) is 13.2 Å². The minimum Gasteiger partial charge on any atom is -0.488 e. The summed E-state index contributed by atoms with van der Waals surface area (Å²) in [6.07, 6.45) is 0. The smallest absolute Gasteiger partial charge is 0.127 e. The highest BCUT2D eigenvalue weighted by Crippen LogP contribution is 2.29. The number of nitrogens with one attached hydrogen (secondary N) is 1. The molecular weight excluding hydrogens is 326 g/mol. The van der Waals surface area contributed by atoms with Crippen molar-refractivity contribution in [1.29, 1.82) is 0 Å². The second-order valence-corrected chi connectivity index (χ2v) is 6.36. The molecule has 0 aliphatic carbocycles. The first-order valence-corrected chi connectivity index (χ1v) is 7.93. The maximum atomic E-state index is 6.10. The molecule has 0 atom stereocenters. The van der Waals surface area contributed by atoms with Gasteiger partial charge in [-0.25, -0.2) is 0 Å². The lowest BCUT2D eigenvalue weighted by Crippen LogP contribution is -2.09. The molecule has 112 valence electrons. The molecule has 2 rings (SSSR count). The van der Waals surface area contributed by atoms with E-state index < -0.39 is 0 Å². The molecule has 3 heteroatoms. The molecule has 0 fully saturated rings. The summed E-state index contributed by atoms with van der Waals surface area (Å²) in [5.41, 5.74) is 6.15. The van der Waals surface area contributed by atoms with Crippen LogP contribution in [0.25, 0.3) is 0 Å². The zero-order chi connectivity index (χ0) is 15.4. The van der Waals surface area contributed by atoms with Crippen LogP contribution in [0.3, 0.4) is 0 Å². The van der Waals surface area contributed by atoms with E-state index in [2.05, 4.69) is 72.3 Å². The molecule has 0 saturated heterocycles. The summed E-state index contributed by atoms with van der Waals surface area (Å²) in [6.45, 7) is 7.74. The van der Waals surface area contributed by atoms with Crippen molar-refractivity contribution in [3.63, 3.8) is 0 Å². The lowest BCUT2D eigenvalue weighted by atomic mass is 10.1. The van der Waals surface area contributed by atoms with Crippen LogP contribution in [0.5, 0.6) is 5.75 Å². The van der Waals surface area contributed by atoms with Crippen LogP contribution in [0, 0.1) is 20.8 Å². The van der Waals surface area contributed by atoms with E-state index in [1.807, 2.05) is 7.05 Å². The van der Waals surface area contributed by atoms with Crippen molar-refractivity contribution in [3.8, 4) is 5.75 Å². The lowest BCUT2D eigenvalue weighted by Gasteiger charge is -2.15. The van der Waals surface area contributed by atoms with E-state index in [-0.39, 0.29) is 0 Å². The van der Waals surface area contributed by atoms with E-state index in [9.17, 15) is 0 Å². The SMILES string of the molecule is CNCc1cc(Br)cc(C)c1OCc1ccc(C)c(C)c1. The molecule has 2 nitrogen and oxygen atoms in total. The fourth-order valence-corrected chi connectivity index (χ4v) is 3.00. The Bertz CT molecular complexity index is 637. The van der Waals surface area contributed by atoms with Gasteiger partial charge in [0.1, 0.15) is 12.4 Å². The standard InChI is InChI=1S/C18H22BrNO/c1-12-5-6-15(7-13(12)2)11-21-18-14(3)8-17(19)9-16(18)10-20-4/h5-9,20H,10-11H2,1-4H3. The zero-order valence-electron chi connectivity index (χ0n) is 13.1. The molecule has 0 amide bonds. The van der Waals surface area contributed by atoms with Gasteiger partial charge in [0.25, 0.3) is 0 Å². The molecule has 0 bridgehead atoms. The van der Waals surface area contributed by atoms with E-state index >= 15 is 0 Å². The van der Waals surface area contributed by atoms with Crippen molar-refractivity contribution < 1.29 is 4.74 Å². The zero-order valence-corrected chi connectivity index (χ0v) is 14.7. The van der Waals surface area contributed by atoms with Gasteiger partial charge in [-0.2, -0.15) is 0 Å². The molecule has 21 heavy (non-hydrogen) atoms. The Labute approximate surface area is 135 Å². The number of benzene rings is 2. The van der Waals surface area contributed by atoms with Crippen molar-refractivity contribution in [2.45, 2.75) is 33.9 Å². The Hall–Kier alpha value is -1.32. The topological polar surface area (TPSA) is 21.3 Å². The molecule has 0 aromatic heterocycles. The second-order valence-electron chi connectivity index (χ2n) is 5.45. The van der Waals surface area contributed by atoms with E-state index in [0.29, 0.717) is 6.61 Å². The number of hydrogen-bond acceptors (Lipinski definition) is 2. The Morgan fingerprint density at radius 1 is 1.00 bits per heavy atom. The number of aryl methyl sites for hydroxylation is 3. The molecule has 0 unspecified atom stereocenters. The molecule has 2 aromatic rings. The number of ether oxygens (including phenoxy) is 1. The van der Waals surface area contributed by atoms with Crippen LogP contribution in [0.2, 0.25) is 0 Å². The van der Waals surface area contributed by atoms with Gasteiger partial charge >= 0.3 is 0 Å². The molecule has 0 aliphatic rings. The van der Waals surface area contributed by atoms with Gasteiger partial charge in [-0.1, -0.05) is 34.1 Å². The number of hydrogen-bond donors (Lipinski definition) is 1. The summed E-state index contributed by atoms with van der Waals surface area (Å²) in [6, 6.07) is 10.7. The fraction of sp³-hybridized carbons (Fsp3) is 0.333. The molecule has 0 saturated carbocycles. The molecule has 0 spiro atoms. The van der Waals surface area contributed by atoms with Crippen molar-refractivity contribution in [1.82, 2.24) is 5.32 Å². The quantitative estimate of drug-likeness (QED) is 0.848. The van der Waals surface area contributed by atoms with Gasteiger partial charge in [-0.3, -0.25) is 0 Å². The third-order valence-corrected chi connectivity index (χ3v) is 4.10. The minimum absolute atomic E-state index is 0.598. The van der Waals surface area contributed by atoms with E-state index in [1.165, 1.54) is 22.3 Å². The number of halogens is 1. The maximum Gasteiger partial charge on any atom is 0.127 e. The van der Waals surface area contributed by atoms with Crippen molar-refractivity contribution >= 4 is 15.9 Å². The van der Waals surface area contributed by atoms with Gasteiger partial charge in [0.05, 0.1) is 0 Å². The van der Waals surface area contributed by atoms with E-state index in [4.69, 9.17) is 4.74 Å². The first-order chi connectivity index (χ1) is 10.0.